The predicted molar refractivity (Wildman–Crippen MR) is 429 cm³/mol. The molecule has 9 nitrogen and oxygen atoms in total. The second-order valence-corrected chi connectivity index (χ2v) is 33.1. The minimum absolute atomic E-state index is 0. The molecule has 0 amide bonds. The normalized spacial score (nSPS) is 11.9. The minimum Gasteiger partial charge on any atom is -0.311 e. The minimum atomic E-state index is 0. The van der Waals surface area contributed by atoms with Gasteiger partial charge in [0, 0.05) is 104 Å². The average Bonchev–Trinajstić information content (AvgIpc) is 0.799. The fraction of sp³-hybridized carbons (Fsp3) is 0.255. The Labute approximate surface area is 650 Å². The second-order valence-electron chi connectivity index (χ2n) is 33.1. The molecule has 0 spiro atoms. The third-order valence-corrected chi connectivity index (χ3v) is 18.9. The van der Waals surface area contributed by atoms with Crippen molar-refractivity contribution in [3.05, 3.63) is 295 Å². The molecule has 0 atom stereocenters. The van der Waals surface area contributed by atoms with Crippen LogP contribution in [0.4, 0.5) is 17.1 Å². The number of aromatic nitrogens is 8. The summed E-state index contributed by atoms with van der Waals surface area (Å²) < 4.78 is 0. The largest absolute Gasteiger partial charge is 0.311 e. The maximum atomic E-state index is 5.09. The Morgan fingerprint density at radius 1 is 0.238 bits per heavy atom. The third kappa shape index (κ3) is 18.9. The molecule has 0 N–H and O–H groups in total. The zero-order chi connectivity index (χ0) is 73.2. The Morgan fingerprint density at radius 2 is 0.505 bits per heavy atom. The summed E-state index contributed by atoms with van der Waals surface area (Å²) in [5.74, 6) is 2.39. The molecule has 9 aromatic carbocycles. The first-order chi connectivity index (χ1) is 48.8. The molecule has 13 aromatic rings. The Hall–Kier alpha value is -9.60. The molecule has 2 radical (unpaired) electrons. The molecule has 0 bridgehead atoms. The van der Waals surface area contributed by atoms with E-state index in [1.807, 2.05) is 42.7 Å². The maximum absolute atomic E-state index is 5.09. The van der Waals surface area contributed by atoms with Crippen molar-refractivity contribution in [2.75, 3.05) is 4.90 Å². The molecule has 0 aliphatic heterocycles. The fourth-order valence-electron chi connectivity index (χ4n) is 12.3. The molecular weight excluding hydrogens is 1640 g/mol. The van der Waals surface area contributed by atoms with E-state index in [9.17, 15) is 0 Å². The number of rotatable bonds is 12. The monoisotopic (exact) mass is 1740 g/mol. The SMILES string of the molecule is CC(C)(C)c1ccc(-c2cc(-c3ccc(C(C)(C)C)cc3)nc(-c3cnc(-c4[c-]ccc(-c5ccc(N(c6ccc(C(C)(C)C)cc6)c6ccc(C(C)(C)C)cc6)cc5)c4)nc3)n2)cc1.CC(C)(C)c1ccc(-c2cc(-c3ccc(C(C)(C)C)cc3)nc(-c3cnc(-c4[c-]cccc4)nc3)n2)cc1.[Ir].[Ir]. The summed E-state index contributed by atoms with van der Waals surface area (Å²) in [6, 6.07) is 86.0. The van der Waals surface area contributed by atoms with Crippen molar-refractivity contribution in [1.82, 2.24) is 39.9 Å². The van der Waals surface area contributed by atoms with E-state index in [4.69, 9.17) is 29.9 Å². The summed E-state index contributed by atoms with van der Waals surface area (Å²) >= 11 is 0. The van der Waals surface area contributed by atoms with Crippen molar-refractivity contribution in [3.63, 3.8) is 0 Å². The standard InChI is InChI=1S/C60H62N5.C34H33N4.2Ir/c1-57(2,3)46-22-16-41(17-23-46)53-37-54(42-18-24-47(25-19-42)58(4,5)6)64-56(63-53)45-38-61-55(62-39-45)44-15-13-14-43(36-44)40-20-30-50(31-21-40)65(51-32-26-48(27-33-51)59(7,8)9)52-34-28-49(29-35-52)60(10,11)12;1-33(2,3)27-16-12-23(13-17-27)29-20-30(24-14-18-28(19-15-24)34(4,5)6)38-32(37-29)26-21-35-31(36-22-26)25-10-8-7-9-11-25;;/h13-14,16-39H,1-12H3;7-10,12-22H,1-6H3;;/q2*-1;;. The summed E-state index contributed by atoms with van der Waals surface area (Å²) in [4.78, 5) is 41.3. The summed E-state index contributed by atoms with van der Waals surface area (Å²) in [6.45, 7) is 40.2. The molecule has 4 aromatic heterocycles. The molecule has 0 aliphatic carbocycles. The van der Waals surface area contributed by atoms with Crippen molar-refractivity contribution in [1.29, 1.82) is 0 Å². The summed E-state index contributed by atoms with van der Waals surface area (Å²) in [6.07, 6.45) is 7.22. The van der Waals surface area contributed by atoms with Gasteiger partial charge in [-0.25, -0.2) is 19.9 Å². The van der Waals surface area contributed by atoms with E-state index in [2.05, 4.69) is 346 Å². The average molecular weight is 1740 g/mol. The van der Waals surface area contributed by atoms with Gasteiger partial charge in [0.2, 0.25) is 0 Å². The van der Waals surface area contributed by atoms with Gasteiger partial charge in [-0.3, -0.25) is 19.9 Å². The Balaban J connectivity index is 0.000000252. The molecule has 11 heteroatoms. The van der Waals surface area contributed by atoms with Gasteiger partial charge in [-0.05, 0) is 120 Å². The van der Waals surface area contributed by atoms with E-state index < -0.39 is 0 Å². The molecule has 0 aliphatic rings. The summed E-state index contributed by atoms with van der Waals surface area (Å²) in [7, 11) is 0. The van der Waals surface area contributed by atoms with Crippen molar-refractivity contribution >= 4 is 17.1 Å². The first-order valence-corrected chi connectivity index (χ1v) is 35.8. The molecule has 105 heavy (non-hydrogen) atoms. The van der Waals surface area contributed by atoms with Gasteiger partial charge in [0.05, 0.1) is 45.6 Å². The second kappa shape index (κ2) is 31.6. The van der Waals surface area contributed by atoms with Crippen molar-refractivity contribution in [2.24, 2.45) is 0 Å². The van der Waals surface area contributed by atoms with Crippen LogP contribution in [0.1, 0.15) is 158 Å². The first kappa shape index (κ1) is 78.0. The van der Waals surface area contributed by atoms with Crippen LogP contribution in [-0.2, 0) is 72.7 Å². The molecule has 13 rings (SSSR count). The van der Waals surface area contributed by atoms with E-state index in [0.717, 1.165) is 95.5 Å². The van der Waals surface area contributed by atoms with E-state index in [1.165, 1.54) is 33.4 Å². The van der Waals surface area contributed by atoms with Crippen LogP contribution >= 0.6 is 0 Å². The zero-order valence-electron chi connectivity index (χ0n) is 63.9. The quantitative estimate of drug-likeness (QED) is 0.111. The van der Waals surface area contributed by atoms with Crippen LogP contribution in [0.3, 0.4) is 0 Å². The van der Waals surface area contributed by atoms with Crippen LogP contribution in [0, 0.1) is 12.1 Å². The molecule has 0 unspecified atom stereocenters. The van der Waals surface area contributed by atoms with Crippen molar-refractivity contribution in [3.8, 4) is 102 Å². The number of benzene rings is 9. The Bertz CT molecular complexity index is 4830. The van der Waals surface area contributed by atoms with Crippen molar-refractivity contribution < 1.29 is 40.2 Å². The van der Waals surface area contributed by atoms with Crippen LogP contribution in [0.15, 0.2) is 249 Å². The number of nitrogens with zero attached hydrogens (tertiary/aromatic N) is 9. The van der Waals surface area contributed by atoms with Gasteiger partial charge in [0.15, 0.2) is 11.6 Å². The van der Waals surface area contributed by atoms with Crippen LogP contribution < -0.4 is 4.90 Å². The number of anilines is 3. The maximum Gasteiger partial charge on any atom is 0.163 e. The van der Waals surface area contributed by atoms with Crippen LogP contribution in [-0.4, -0.2) is 39.9 Å². The fourth-order valence-corrected chi connectivity index (χ4v) is 12.3. The van der Waals surface area contributed by atoms with Gasteiger partial charge in [-0.15, -0.1) is 71.3 Å². The molecular formula is C94H95Ir2N9-2. The van der Waals surface area contributed by atoms with Gasteiger partial charge >= 0.3 is 0 Å². The van der Waals surface area contributed by atoms with Crippen LogP contribution in [0.2, 0.25) is 0 Å². The van der Waals surface area contributed by atoms with Gasteiger partial charge in [0.25, 0.3) is 0 Å². The van der Waals surface area contributed by atoms with Gasteiger partial charge < -0.3 is 4.90 Å². The van der Waals surface area contributed by atoms with Gasteiger partial charge in [-0.1, -0.05) is 258 Å². The van der Waals surface area contributed by atoms with E-state index in [1.54, 1.807) is 12.4 Å². The summed E-state index contributed by atoms with van der Waals surface area (Å²) in [5, 5.41) is 0. The van der Waals surface area contributed by atoms with E-state index in [-0.39, 0.29) is 72.7 Å². The Kier molecular flexibility index (Phi) is 23.5. The van der Waals surface area contributed by atoms with Crippen LogP contribution in [0.25, 0.3) is 102 Å². The summed E-state index contributed by atoms with van der Waals surface area (Å²) in [5.41, 5.74) is 24.4. The zero-order valence-corrected chi connectivity index (χ0v) is 68.7. The topological polar surface area (TPSA) is 106 Å². The third-order valence-electron chi connectivity index (χ3n) is 18.9. The van der Waals surface area contributed by atoms with Gasteiger partial charge in [-0.2, -0.15) is 0 Å². The van der Waals surface area contributed by atoms with Crippen molar-refractivity contribution in [2.45, 2.75) is 157 Å². The number of hydrogen-bond donors (Lipinski definition) is 0. The Morgan fingerprint density at radius 3 is 0.790 bits per heavy atom. The van der Waals surface area contributed by atoms with Gasteiger partial charge in [0.1, 0.15) is 0 Å². The smallest absolute Gasteiger partial charge is 0.163 e. The van der Waals surface area contributed by atoms with E-state index in [0.29, 0.717) is 23.3 Å². The molecule has 536 valence electrons. The number of hydrogen-bond acceptors (Lipinski definition) is 9. The molecule has 0 saturated heterocycles. The van der Waals surface area contributed by atoms with Crippen LogP contribution in [0.5, 0.6) is 0 Å². The molecule has 0 saturated carbocycles. The first-order valence-electron chi connectivity index (χ1n) is 35.8. The molecule has 0 fully saturated rings. The predicted octanol–water partition coefficient (Wildman–Crippen LogP) is 24.4. The molecule has 4 heterocycles. The van der Waals surface area contributed by atoms with E-state index >= 15 is 0 Å².